The van der Waals surface area contributed by atoms with Crippen LogP contribution in [-0.2, 0) is 0 Å². The van der Waals surface area contributed by atoms with Crippen LogP contribution in [0.2, 0.25) is 0 Å². The number of rotatable bonds is 5. The molecule has 0 spiro atoms. The molecule has 1 N–H and O–H groups in total. The molecule has 0 saturated carbocycles. The Morgan fingerprint density at radius 2 is 1.90 bits per heavy atom. The van der Waals surface area contributed by atoms with E-state index in [2.05, 4.69) is 10.3 Å². The SMILES string of the molecule is O=C(Nc1ccc(-n2ccnc2)c(F)c1)c1ccc(N2CCCC2)c([N+](=O)[O-])c1. The number of nitrogens with one attached hydrogen (secondary N) is 1. The van der Waals surface area contributed by atoms with Crippen molar-refractivity contribution in [2.24, 2.45) is 0 Å². The molecule has 0 radical (unpaired) electrons. The minimum absolute atomic E-state index is 0.110. The maximum Gasteiger partial charge on any atom is 0.293 e. The topological polar surface area (TPSA) is 93.3 Å². The Bertz CT molecular complexity index is 1060. The Morgan fingerprint density at radius 3 is 2.55 bits per heavy atom. The Morgan fingerprint density at radius 1 is 1.14 bits per heavy atom. The summed E-state index contributed by atoms with van der Waals surface area (Å²) in [6.45, 7) is 1.52. The number of amides is 1. The molecule has 1 fully saturated rings. The summed E-state index contributed by atoms with van der Waals surface area (Å²) in [6.07, 6.45) is 6.59. The van der Waals surface area contributed by atoms with Crippen molar-refractivity contribution in [3.8, 4) is 5.69 Å². The average molecular weight is 395 g/mol. The largest absolute Gasteiger partial charge is 0.366 e. The predicted octanol–water partition coefficient (Wildman–Crippen LogP) is 3.77. The molecule has 0 aliphatic carbocycles. The molecule has 0 bridgehead atoms. The third-order valence-electron chi connectivity index (χ3n) is 4.87. The van der Waals surface area contributed by atoms with Crippen molar-refractivity contribution < 1.29 is 14.1 Å². The van der Waals surface area contributed by atoms with Gasteiger partial charge in [0.2, 0.25) is 0 Å². The number of imidazole rings is 1. The van der Waals surface area contributed by atoms with Gasteiger partial charge in [0, 0.05) is 42.8 Å². The Hall–Kier alpha value is -3.75. The highest BCUT2D eigenvalue weighted by Crippen LogP contribution is 2.32. The summed E-state index contributed by atoms with van der Waals surface area (Å²) in [6, 6.07) is 8.68. The number of aromatic nitrogens is 2. The monoisotopic (exact) mass is 395 g/mol. The maximum absolute atomic E-state index is 14.4. The van der Waals surface area contributed by atoms with E-state index >= 15 is 0 Å². The number of halogens is 1. The van der Waals surface area contributed by atoms with Gasteiger partial charge in [0.1, 0.15) is 11.5 Å². The third-order valence-corrected chi connectivity index (χ3v) is 4.87. The van der Waals surface area contributed by atoms with Gasteiger partial charge in [-0.25, -0.2) is 9.37 Å². The van der Waals surface area contributed by atoms with Crippen LogP contribution in [0.5, 0.6) is 0 Å². The number of hydrogen-bond donors (Lipinski definition) is 1. The number of nitrogens with zero attached hydrogens (tertiary/aromatic N) is 4. The number of benzene rings is 2. The zero-order chi connectivity index (χ0) is 20.4. The average Bonchev–Trinajstić information content (AvgIpc) is 3.42. The number of nitro benzene ring substituents is 1. The summed E-state index contributed by atoms with van der Waals surface area (Å²) in [5.41, 5.74) is 1.09. The van der Waals surface area contributed by atoms with Crippen molar-refractivity contribution in [1.29, 1.82) is 0 Å². The lowest BCUT2D eigenvalue weighted by atomic mass is 10.1. The molecular formula is C20H18FN5O3. The Labute approximate surface area is 165 Å². The lowest BCUT2D eigenvalue weighted by molar-refractivity contribution is -0.384. The number of hydrogen-bond acceptors (Lipinski definition) is 5. The van der Waals surface area contributed by atoms with Crippen molar-refractivity contribution in [1.82, 2.24) is 9.55 Å². The number of nitro groups is 1. The van der Waals surface area contributed by atoms with Gasteiger partial charge in [0.05, 0.1) is 16.9 Å². The molecule has 1 amide bonds. The van der Waals surface area contributed by atoms with Crippen LogP contribution in [0.1, 0.15) is 23.2 Å². The third kappa shape index (κ3) is 3.79. The molecule has 4 rings (SSSR count). The second-order valence-electron chi connectivity index (χ2n) is 6.75. The summed E-state index contributed by atoms with van der Waals surface area (Å²) in [5.74, 6) is -1.08. The van der Waals surface area contributed by atoms with Crippen LogP contribution in [0, 0.1) is 15.9 Å². The first kappa shape index (κ1) is 18.6. The fraction of sp³-hybridized carbons (Fsp3) is 0.200. The smallest absolute Gasteiger partial charge is 0.293 e. The van der Waals surface area contributed by atoms with E-state index in [0.717, 1.165) is 25.9 Å². The van der Waals surface area contributed by atoms with Crippen LogP contribution in [0.4, 0.5) is 21.5 Å². The molecule has 1 saturated heterocycles. The van der Waals surface area contributed by atoms with E-state index in [1.165, 1.54) is 35.3 Å². The lowest BCUT2D eigenvalue weighted by Gasteiger charge is -2.17. The fourth-order valence-electron chi connectivity index (χ4n) is 3.44. The van der Waals surface area contributed by atoms with Crippen molar-refractivity contribution in [2.45, 2.75) is 12.8 Å². The van der Waals surface area contributed by atoms with Gasteiger partial charge in [-0.05, 0) is 43.2 Å². The van der Waals surface area contributed by atoms with E-state index in [1.807, 2.05) is 4.90 Å². The number of carbonyl (C=O) groups is 1. The molecular weight excluding hydrogens is 377 g/mol. The van der Waals surface area contributed by atoms with Crippen LogP contribution in [0.3, 0.4) is 0 Å². The standard InChI is InChI=1S/C20H18FN5O3/c21-16-12-15(4-6-17(16)25-10-7-22-13-25)23-20(27)14-3-5-18(19(11-14)26(28)29)24-8-1-2-9-24/h3-7,10-13H,1-2,8-9H2,(H,23,27). The molecule has 1 aromatic heterocycles. The summed E-state index contributed by atoms with van der Waals surface area (Å²) >= 11 is 0. The molecule has 1 aliphatic heterocycles. The summed E-state index contributed by atoms with van der Waals surface area (Å²) in [4.78, 5) is 29.4. The Kier molecular flexibility index (Phi) is 4.94. The molecule has 148 valence electrons. The van der Waals surface area contributed by atoms with E-state index in [4.69, 9.17) is 0 Å². The molecule has 2 aromatic carbocycles. The van der Waals surface area contributed by atoms with Gasteiger partial charge in [0.15, 0.2) is 0 Å². The second-order valence-corrected chi connectivity index (χ2v) is 6.75. The molecule has 1 aliphatic rings. The van der Waals surface area contributed by atoms with Crippen molar-refractivity contribution in [3.63, 3.8) is 0 Å². The molecule has 0 atom stereocenters. The first-order valence-corrected chi connectivity index (χ1v) is 9.15. The van der Waals surface area contributed by atoms with Crippen LogP contribution < -0.4 is 10.2 Å². The zero-order valence-corrected chi connectivity index (χ0v) is 15.4. The number of carbonyl (C=O) groups excluding carboxylic acids is 1. The summed E-state index contributed by atoms with van der Waals surface area (Å²) in [5, 5.41) is 14.1. The minimum Gasteiger partial charge on any atom is -0.366 e. The fourth-order valence-corrected chi connectivity index (χ4v) is 3.44. The number of anilines is 2. The maximum atomic E-state index is 14.4. The lowest BCUT2D eigenvalue weighted by Crippen LogP contribution is -2.20. The molecule has 2 heterocycles. The van der Waals surface area contributed by atoms with Crippen LogP contribution in [-0.4, -0.2) is 33.5 Å². The van der Waals surface area contributed by atoms with Crippen molar-refractivity contribution in [2.75, 3.05) is 23.3 Å². The van der Waals surface area contributed by atoms with Gasteiger partial charge < -0.3 is 14.8 Å². The predicted molar refractivity (Wildman–Crippen MR) is 106 cm³/mol. The van der Waals surface area contributed by atoms with Gasteiger partial charge in [0.25, 0.3) is 11.6 Å². The molecule has 3 aromatic rings. The van der Waals surface area contributed by atoms with E-state index in [1.54, 1.807) is 24.4 Å². The van der Waals surface area contributed by atoms with E-state index in [9.17, 15) is 19.3 Å². The molecule has 0 unspecified atom stereocenters. The minimum atomic E-state index is -0.546. The normalized spacial score (nSPS) is 13.5. The van der Waals surface area contributed by atoms with Gasteiger partial charge in [-0.2, -0.15) is 0 Å². The van der Waals surface area contributed by atoms with Crippen LogP contribution in [0.25, 0.3) is 5.69 Å². The molecule has 29 heavy (non-hydrogen) atoms. The van der Waals surface area contributed by atoms with Gasteiger partial charge >= 0.3 is 0 Å². The van der Waals surface area contributed by atoms with Crippen LogP contribution >= 0.6 is 0 Å². The van der Waals surface area contributed by atoms with Crippen LogP contribution in [0.15, 0.2) is 55.1 Å². The van der Waals surface area contributed by atoms with Gasteiger partial charge in [-0.15, -0.1) is 0 Å². The summed E-state index contributed by atoms with van der Waals surface area (Å²) < 4.78 is 15.9. The Balaban J connectivity index is 1.56. The second kappa shape index (κ2) is 7.70. The quantitative estimate of drug-likeness (QED) is 0.524. The van der Waals surface area contributed by atoms with Gasteiger partial charge in [-0.1, -0.05) is 0 Å². The molecule has 9 heteroatoms. The summed E-state index contributed by atoms with van der Waals surface area (Å²) in [7, 11) is 0. The highest BCUT2D eigenvalue weighted by molar-refractivity contribution is 6.05. The van der Waals surface area contributed by atoms with E-state index < -0.39 is 16.6 Å². The highest BCUT2D eigenvalue weighted by Gasteiger charge is 2.24. The first-order chi connectivity index (χ1) is 14.0. The van der Waals surface area contributed by atoms with Crippen molar-refractivity contribution >= 4 is 23.0 Å². The van der Waals surface area contributed by atoms with Crippen molar-refractivity contribution in [3.05, 3.63) is 76.6 Å². The zero-order valence-electron chi connectivity index (χ0n) is 15.4. The van der Waals surface area contributed by atoms with E-state index in [-0.39, 0.29) is 16.9 Å². The molecule has 8 nitrogen and oxygen atoms in total. The van der Waals surface area contributed by atoms with E-state index in [0.29, 0.717) is 11.4 Å². The first-order valence-electron chi connectivity index (χ1n) is 9.15. The highest BCUT2D eigenvalue weighted by atomic mass is 19.1. The van der Waals surface area contributed by atoms with Gasteiger partial charge in [-0.3, -0.25) is 14.9 Å².